The van der Waals surface area contributed by atoms with E-state index in [4.69, 9.17) is 4.74 Å². The second-order valence-corrected chi connectivity index (χ2v) is 6.94. The van der Waals surface area contributed by atoms with E-state index < -0.39 is 5.54 Å². The van der Waals surface area contributed by atoms with Crippen LogP contribution in [-0.2, 0) is 12.0 Å². The maximum atomic E-state index is 13.4. The van der Waals surface area contributed by atoms with E-state index in [2.05, 4.69) is 6.07 Å². The van der Waals surface area contributed by atoms with E-state index in [1.54, 1.807) is 30.3 Å². The fraction of sp³-hybridized carbons (Fsp3) is 0.120. The zero-order valence-corrected chi connectivity index (χ0v) is 16.1. The summed E-state index contributed by atoms with van der Waals surface area (Å²) in [6.07, 6.45) is 3.98. The number of hydrogen-bond donors (Lipinski definition) is 0. The molecule has 0 aromatic heterocycles. The molecule has 1 aliphatic rings. The number of methoxy groups -OCH3 is 1. The molecule has 3 aromatic carbocycles. The number of rotatable bonds is 4. The smallest absolute Gasteiger partial charge is 0.259 e. The van der Waals surface area contributed by atoms with Gasteiger partial charge in [0.1, 0.15) is 5.75 Å². The predicted molar refractivity (Wildman–Crippen MR) is 112 cm³/mol. The van der Waals surface area contributed by atoms with Crippen molar-refractivity contribution in [2.24, 2.45) is 0 Å². The fourth-order valence-electron chi connectivity index (χ4n) is 3.76. The molecule has 0 radical (unpaired) electrons. The van der Waals surface area contributed by atoms with Gasteiger partial charge in [-0.15, -0.1) is 0 Å². The Morgan fingerprint density at radius 2 is 1.69 bits per heavy atom. The third-order valence-corrected chi connectivity index (χ3v) is 5.26. The van der Waals surface area contributed by atoms with Gasteiger partial charge in [-0.3, -0.25) is 9.69 Å². The van der Waals surface area contributed by atoms with Gasteiger partial charge in [-0.2, -0.15) is 5.26 Å². The molecule has 29 heavy (non-hydrogen) atoms. The lowest BCUT2D eigenvalue weighted by Gasteiger charge is -2.40. The van der Waals surface area contributed by atoms with Gasteiger partial charge in [0.05, 0.1) is 13.2 Å². The summed E-state index contributed by atoms with van der Waals surface area (Å²) < 4.78 is 5.24. The molecule has 1 heterocycles. The van der Waals surface area contributed by atoms with Crippen molar-refractivity contribution in [2.75, 3.05) is 7.11 Å². The normalized spacial score (nSPS) is 17.3. The van der Waals surface area contributed by atoms with Crippen LogP contribution in [-0.4, -0.2) is 17.9 Å². The van der Waals surface area contributed by atoms with Crippen molar-refractivity contribution >= 4 is 12.0 Å². The zero-order chi connectivity index (χ0) is 20.3. The number of benzene rings is 3. The fourth-order valence-corrected chi connectivity index (χ4v) is 3.76. The molecule has 0 fully saturated rings. The van der Waals surface area contributed by atoms with Crippen molar-refractivity contribution in [3.63, 3.8) is 0 Å². The average molecular weight is 380 g/mol. The SMILES string of the molecule is COc1ccc(CC2(C#N)c3ccccc3C=CN2C(=O)c2ccccc2)cc1. The van der Waals surface area contributed by atoms with Crippen molar-refractivity contribution in [1.82, 2.24) is 4.90 Å². The Balaban J connectivity index is 1.83. The lowest BCUT2D eigenvalue weighted by molar-refractivity contribution is 0.0697. The van der Waals surface area contributed by atoms with Crippen molar-refractivity contribution in [3.8, 4) is 11.8 Å². The monoisotopic (exact) mass is 380 g/mol. The Kier molecular flexibility index (Phi) is 4.88. The molecule has 4 heteroatoms. The maximum Gasteiger partial charge on any atom is 0.259 e. The van der Waals surface area contributed by atoms with E-state index in [1.165, 1.54) is 0 Å². The summed E-state index contributed by atoms with van der Waals surface area (Å²) in [6, 6.07) is 26.9. The molecule has 4 nitrogen and oxygen atoms in total. The molecule has 0 aliphatic carbocycles. The Labute approximate surface area is 170 Å². The molecule has 0 saturated heterocycles. The van der Waals surface area contributed by atoms with E-state index in [0.29, 0.717) is 12.0 Å². The van der Waals surface area contributed by atoms with Crippen LogP contribution in [0.4, 0.5) is 0 Å². The van der Waals surface area contributed by atoms with E-state index in [9.17, 15) is 10.1 Å². The van der Waals surface area contributed by atoms with Crippen molar-refractivity contribution in [2.45, 2.75) is 12.0 Å². The van der Waals surface area contributed by atoms with Crippen molar-refractivity contribution < 1.29 is 9.53 Å². The molecule has 0 N–H and O–H groups in total. The number of carbonyl (C=O) groups is 1. The number of nitriles is 1. The molecule has 0 bridgehead atoms. The van der Waals surface area contributed by atoms with Crippen LogP contribution in [0.15, 0.2) is 85.1 Å². The molecule has 1 atom stereocenters. The standard InChI is InChI=1S/C25H20N2O2/c1-29-22-13-11-19(12-14-22)17-25(18-26)23-10-6-5-7-20(23)15-16-27(25)24(28)21-8-3-2-4-9-21/h2-16H,17H2,1H3. The first-order valence-corrected chi connectivity index (χ1v) is 9.38. The summed E-state index contributed by atoms with van der Waals surface area (Å²) in [6.45, 7) is 0. The number of fused-ring (bicyclic) bond motifs is 1. The Morgan fingerprint density at radius 3 is 2.38 bits per heavy atom. The van der Waals surface area contributed by atoms with Crippen LogP contribution in [0.25, 0.3) is 6.08 Å². The molecule has 1 amide bonds. The summed E-state index contributed by atoms with van der Waals surface area (Å²) >= 11 is 0. The largest absolute Gasteiger partial charge is 0.497 e. The minimum atomic E-state index is -1.15. The predicted octanol–water partition coefficient (Wildman–Crippen LogP) is 4.78. The highest BCUT2D eigenvalue weighted by Crippen LogP contribution is 2.39. The minimum absolute atomic E-state index is 0.202. The Hall–Kier alpha value is -3.84. The molecule has 1 aliphatic heterocycles. The van der Waals surface area contributed by atoms with Gasteiger partial charge in [0.15, 0.2) is 5.54 Å². The Bertz CT molecular complexity index is 1100. The molecular weight excluding hydrogens is 360 g/mol. The van der Waals surface area contributed by atoms with Crippen LogP contribution in [0.3, 0.4) is 0 Å². The summed E-state index contributed by atoms with van der Waals surface area (Å²) in [4.78, 5) is 14.9. The molecule has 0 saturated carbocycles. The van der Waals surface area contributed by atoms with E-state index in [-0.39, 0.29) is 5.91 Å². The summed E-state index contributed by atoms with van der Waals surface area (Å²) in [5.74, 6) is 0.548. The number of ether oxygens (including phenoxy) is 1. The van der Waals surface area contributed by atoms with Gasteiger partial charge in [0.2, 0.25) is 0 Å². The third kappa shape index (κ3) is 3.28. The van der Waals surface area contributed by atoms with Gasteiger partial charge < -0.3 is 4.74 Å². The van der Waals surface area contributed by atoms with E-state index in [0.717, 1.165) is 22.4 Å². The second kappa shape index (κ2) is 7.65. The highest BCUT2D eigenvalue weighted by atomic mass is 16.5. The van der Waals surface area contributed by atoms with Gasteiger partial charge in [-0.1, -0.05) is 54.6 Å². The van der Waals surface area contributed by atoms with Crippen LogP contribution >= 0.6 is 0 Å². The van der Waals surface area contributed by atoms with Crippen LogP contribution < -0.4 is 4.74 Å². The molecule has 3 aromatic rings. The quantitative estimate of drug-likeness (QED) is 0.654. The maximum absolute atomic E-state index is 13.4. The third-order valence-electron chi connectivity index (χ3n) is 5.26. The van der Waals surface area contributed by atoms with Crippen LogP contribution in [0.1, 0.15) is 27.0 Å². The second-order valence-electron chi connectivity index (χ2n) is 6.94. The van der Waals surface area contributed by atoms with Crippen molar-refractivity contribution in [1.29, 1.82) is 5.26 Å². The summed E-state index contributed by atoms with van der Waals surface area (Å²) in [7, 11) is 1.62. The van der Waals surface area contributed by atoms with Gasteiger partial charge >= 0.3 is 0 Å². The van der Waals surface area contributed by atoms with Gasteiger partial charge in [-0.25, -0.2) is 0 Å². The summed E-state index contributed by atoms with van der Waals surface area (Å²) in [5, 5.41) is 10.4. The Morgan fingerprint density at radius 1 is 1.00 bits per heavy atom. The topological polar surface area (TPSA) is 53.3 Å². The molecule has 0 spiro atoms. The summed E-state index contributed by atoms with van der Waals surface area (Å²) in [5.41, 5.74) is 2.12. The molecule has 4 rings (SSSR count). The van der Waals surface area contributed by atoms with Crippen LogP contribution in [0, 0.1) is 11.3 Å². The molecule has 1 unspecified atom stereocenters. The first-order valence-electron chi connectivity index (χ1n) is 9.38. The lowest BCUT2D eigenvalue weighted by atomic mass is 9.79. The van der Waals surface area contributed by atoms with Gasteiger partial charge in [0, 0.05) is 18.2 Å². The zero-order valence-electron chi connectivity index (χ0n) is 16.1. The number of hydrogen-bond acceptors (Lipinski definition) is 3. The minimum Gasteiger partial charge on any atom is -0.497 e. The van der Waals surface area contributed by atoms with E-state index in [1.807, 2.05) is 72.8 Å². The first kappa shape index (κ1) is 18.5. The molecule has 142 valence electrons. The van der Waals surface area contributed by atoms with Gasteiger partial charge in [-0.05, 0) is 47.0 Å². The van der Waals surface area contributed by atoms with Crippen LogP contribution in [0.2, 0.25) is 0 Å². The first-order chi connectivity index (χ1) is 14.2. The lowest BCUT2D eigenvalue weighted by Crippen LogP contribution is -2.49. The van der Waals surface area contributed by atoms with Gasteiger partial charge in [0.25, 0.3) is 5.91 Å². The number of amides is 1. The highest BCUT2D eigenvalue weighted by molar-refractivity contribution is 5.96. The van der Waals surface area contributed by atoms with E-state index >= 15 is 0 Å². The number of nitrogens with zero attached hydrogens (tertiary/aromatic N) is 2. The van der Waals surface area contributed by atoms with Crippen molar-refractivity contribution in [3.05, 3.63) is 107 Å². The molecular formula is C25H20N2O2. The average Bonchev–Trinajstić information content (AvgIpc) is 2.80. The van der Waals surface area contributed by atoms with Crippen LogP contribution in [0.5, 0.6) is 5.75 Å². The number of carbonyl (C=O) groups excluding carboxylic acids is 1. The highest BCUT2D eigenvalue weighted by Gasteiger charge is 2.44.